The maximum Gasteiger partial charge on any atom is 0.135 e. The summed E-state index contributed by atoms with van der Waals surface area (Å²) in [4.78, 5) is 8.89. The van der Waals surface area contributed by atoms with Crippen LogP contribution in [0.4, 0.5) is 11.6 Å². The highest BCUT2D eigenvalue weighted by Gasteiger charge is 2.17. The molecular weight excluding hydrogens is 224 g/mol. The average Bonchev–Trinajstić information content (AvgIpc) is 2.30. The summed E-state index contributed by atoms with van der Waals surface area (Å²) in [5.41, 5.74) is 7.13. The van der Waals surface area contributed by atoms with Crippen LogP contribution < -0.4 is 11.1 Å². The molecule has 1 heterocycles. The Bertz CT molecular complexity index is 411. The number of rotatable bonds is 5. The number of nitrogens with one attached hydrogen (secondary N) is 1. The van der Waals surface area contributed by atoms with Gasteiger partial charge in [-0.25, -0.2) is 9.97 Å². The number of anilines is 2. The van der Waals surface area contributed by atoms with E-state index in [1.165, 1.54) is 0 Å². The molecule has 0 radical (unpaired) electrons. The van der Waals surface area contributed by atoms with Crippen LogP contribution in [0, 0.1) is 12.3 Å². The summed E-state index contributed by atoms with van der Waals surface area (Å²) < 4.78 is 0. The first-order valence-corrected chi connectivity index (χ1v) is 6.64. The number of aromatic nitrogens is 2. The van der Waals surface area contributed by atoms with Crippen LogP contribution in [0.1, 0.15) is 58.3 Å². The third-order valence-electron chi connectivity index (χ3n) is 3.41. The molecular formula is C14H26N4. The summed E-state index contributed by atoms with van der Waals surface area (Å²) in [6, 6.07) is 0. The predicted molar refractivity (Wildman–Crippen MR) is 77.8 cm³/mol. The molecule has 0 bridgehead atoms. The third kappa shape index (κ3) is 3.59. The molecule has 0 aliphatic rings. The van der Waals surface area contributed by atoms with Gasteiger partial charge in [-0.15, -0.1) is 0 Å². The van der Waals surface area contributed by atoms with Gasteiger partial charge in [-0.2, -0.15) is 0 Å². The molecule has 4 nitrogen and oxygen atoms in total. The zero-order valence-electron chi connectivity index (χ0n) is 12.5. The summed E-state index contributed by atoms with van der Waals surface area (Å²) >= 11 is 0. The van der Waals surface area contributed by atoms with Crippen molar-refractivity contribution >= 4 is 11.6 Å². The van der Waals surface area contributed by atoms with Crippen molar-refractivity contribution in [2.75, 3.05) is 17.6 Å². The van der Waals surface area contributed by atoms with Crippen LogP contribution in [-0.2, 0) is 0 Å². The SMILES string of the molecule is CCC(C)(C)CNc1nc(C(C)C)nc(N)c1C. The van der Waals surface area contributed by atoms with Crippen LogP contribution in [0.2, 0.25) is 0 Å². The quantitative estimate of drug-likeness (QED) is 0.841. The molecule has 0 atom stereocenters. The van der Waals surface area contributed by atoms with E-state index in [4.69, 9.17) is 5.73 Å². The normalized spacial score (nSPS) is 11.9. The minimum Gasteiger partial charge on any atom is -0.383 e. The molecule has 0 fully saturated rings. The fourth-order valence-corrected chi connectivity index (χ4v) is 1.43. The van der Waals surface area contributed by atoms with Crippen molar-refractivity contribution in [3.63, 3.8) is 0 Å². The summed E-state index contributed by atoms with van der Waals surface area (Å²) in [6.07, 6.45) is 1.12. The van der Waals surface area contributed by atoms with Gasteiger partial charge >= 0.3 is 0 Å². The van der Waals surface area contributed by atoms with E-state index < -0.39 is 0 Å². The molecule has 0 unspecified atom stereocenters. The standard InChI is InChI=1S/C14H26N4/c1-7-14(5,6)8-16-13-10(4)11(15)17-12(18-13)9(2)3/h9H,7-8H2,1-6H3,(H3,15,16,17,18). The van der Waals surface area contributed by atoms with Gasteiger partial charge in [0, 0.05) is 18.0 Å². The summed E-state index contributed by atoms with van der Waals surface area (Å²) in [5, 5.41) is 3.41. The summed E-state index contributed by atoms with van der Waals surface area (Å²) in [5.74, 6) is 2.53. The Balaban J connectivity index is 2.94. The van der Waals surface area contributed by atoms with Gasteiger partial charge in [-0.1, -0.05) is 34.6 Å². The van der Waals surface area contributed by atoms with Crippen molar-refractivity contribution in [2.24, 2.45) is 5.41 Å². The van der Waals surface area contributed by atoms with Gasteiger partial charge in [0.2, 0.25) is 0 Å². The van der Waals surface area contributed by atoms with Gasteiger partial charge in [-0.3, -0.25) is 0 Å². The van der Waals surface area contributed by atoms with Gasteiger partial charge in [0.25, 0.3) is 0 Å². The molecule has 1 aromatic rings. The van der Waals surface area contributed by atoms with E-state index >= 15 is 0 Å². The maximum absolute atomic E-state index is 5.94. The lowest BCUT2D eigenvalue weighted by atomic mass is 9.90. The van der Waals surface area contributed by atoms with E-state index in [0.29, 0.717) is 5.82 Å². The van der Waals surface area contributed by atoms with Crippen LogP contribution in [0.15, 0.2) is 0 Å². The van der Waals surface area contributed by atoms with Gasteiger partial charge in [-0.05, 0) is 18.8 Å². The maximum atomic E-state index is 5.94. The van der Waals surface area contributed by atoms with Crippen molar-refractivity contribution in [3.8, 4) is 0 Å². The van der Waals surface area contributed by atoms with Crippen LogP contribution in [-0.4, -0.2) is 16.5 Å². The molecule has 0 saturated heterocycles. The summed E-state index contributed by atoms with van der Waals surface area (Å²) in [7, 11) is 0. The smallest absolute Gasteiger partial charge is 0.135 e. The Kier molecular flexibility index (Phi) is 4.54. The van der Waals surface area contributed by atoms with E-state index in [0.717, 1.165) is 30.2 Å². The first kappa shape index (κ1) is 14.7. The number of nitrogens with two attached hydrogens (primary N) is 1. The number of nitrogens with zero attached hydrogens (tertiary/aromatic N) is 2. The lowest BCUT2D eigenvalue weighted by molar-refractivity contribution is 0.376. The molecule has 1 aromatic heterocycles. The lowest BCUT2D eigenvalue weighted by Gasteiger charge is -2.24. The highest BCUT2D eigenvalue weighted by atomic mass is 15.1. The molecule has 18 heavy (non-hydrogen) atoms. The highest BCUT2D eigenvalue weighted by Crippen LogP contribution is 2.24. The van der Waals surface area contributed by atoms with Gasteiger partial charge in [0.05, 0.1) is 0 Å². The van der Waals surface area contributed by atoms with E-state index in [2.05, 4.69) is 49.9 Å². The van der Waals surface area contributed by atoms with Crippen LogP contribution in [0.3, 0.4) is 0 Å². The minimum atomic E-state index is 0.254. The van der Waals surface area contributed by atoms with E-state index in [1.807, 2.05) is 6.92 Å². The van der Waals surface area contributed by atoms with Crippen LogP contribution in [0.25, 0.3) is 0 Å². The predicted octanol–water partition coefficient (Wildman–Crippen LogP) is 3.34. The molecule has 0 amide bonds. The molecule has 0 saturated carbocycles. The van der Waals surface area contributed by atoms with Gasteiger partial charge < -0.3 is 11.1 Å². The zero-order chi connectivity index (χ0) is 13.9. The Labute approximate surface area is 110 Å². The van der Waals surface area contributed by atoms with Crippen molar-refractivity contribution < 1.29 is 0 Å². The lowest BCUT2D eigenvalue weighted by Crippen LogP contribution is -2.23. The second kappa shape index (κ2) is 5.55. The number of hydrogen-bond acceptors (Lipinski definition) is 4. The Morgan fingerprint density at radius 1 is 1.28 bits per heavy atom. The zero-order valence-corrected chi connectivity index (χ0v) is 12.5. The molecule has 3 N–H and O–H groups in total. The second-order valence-corrected chi connectivity index (χ2v) is 5.97. The van der Waals surface area contributed by atoms with Crippen molar-refractivity contribution in [1.29, 1.82) is 0 Å². The molecule has 0 aliphatic carbocycles. The van der Waals surface area contributed by atoms with E-state index in [-0.39, 0.29) is 11.3 Å². The molecule has 0 aliphatic heterocycles. The Hall–Kier alpha value is -1.32. The van der Waals surface area contributed by atoms with Gasteiger partial charge in [0.15, 0.2) is 0 Å². The van der Waals surface area contributed by atoms with Crippen molar-refractivity contribution in [2.45, 2.75) is 53.9 Å². The highest BCUT2D eigenvalue weighted by molar-refractivity contribution is 5.55. The average molecular weight is 250 g/mol. The minimum absolute atomic E-state index is 0.254. The molecule has 0 aromatic carbocycles. The monoisotopic (exact) mass is 250 g/mol. The van der Waals surface area contributed by atoms with Gasteiger partial charge in [0.1, 0.15) is 17.5 Å². The first-order chi connectivity index (χ1) is 8.26. The van der Waals surface area contributed by atoms with Crippen LogP contribution >= 0.6 is 0 Å². The largest absolute Gasteiger partial charge is 0.383 e. The first-order valence-electron chi connectivity index (χ1n) is 6.64. The molecule has 1 rings (SSSR count). The fourth-order valence-electron chi connectivity index (χ4n) is 1.43. The van der Waals surface area contributed by atoms with E-state index in [1.54, 1.807) is 0 Å². The number of nitrogen functional groups attached to an aromatic ring is 1. The number of hydrogen-bond donors (Lipinski definition) is 2. The van der Waals surface area contributed by atoms with E-state index in [9.17, 15) is 0 Å². The topological polar surface area (TPSA) is 63.8 Å². The molecule has 102 valence electrons. The second-order valence-electron chi connectivity index (χ2n) is 5.97. The summed E-state index contributed by atoms with van der Waals surface area (Å²) in [6.45, 7) is 13.7. The van der Waals surface area contributed by atoms with Crippen LogP contribution in [0.5, 0.6) is 0 Å². The third-order valence-corrected chi connectivity index (χ3v) is 3.41. The Morgan fingerprint density at radius 3 is 2.39 bits per heavy atom. The molecule has 4 heteroatoms. The molecule has 0 spiro atoms. The fraction of sp³-hybridized carbons (Fsp3) is 0.714. The van der Waals surface area contributed by atoms with Crippen molar-refractivity contribution in [1.82, 2.24) is 9.97 Å². The van der Waals surface area contributed by atoms with Crippen molar-refractivity contribution in [3.05, 3.63) is 11.4 Å². The Morgan fingerprint density at radius 2 is 1.89 bits per heavy atom.